The number of hydrogen-bond acceptors (Lipinski definition) is 4. The van der Waals surface area contributed by atoms with E-state index < -0.39 is 0 Å². The normalized spacial score (nSPS) is 11.8. The fraction of sp³-hybridized carbons (Fsp3) is 0.250. The number of carbonyl (C=O) groups excluding carboxylic acids is 2. The quantitative estimate of drug-likeness (QED) is 0.525. The maximum Gasteiger partial charge on any atom is 0.291 e. The number of aryl methyl sites for hydroxylation is 1. The second-order valence-corrected chi connectivity index (χ2v) is 7.28. The van der Waals surface area contributed by atoms with Gasteiger partial charge in [-0.05, 0) is 54.3 Å². The summed E-state index contributed by atoms with van der Waals surface area (Å²) in [6.45, 7) is 4.52. The Labute approximate surface area is 170 Å². The van der Waals surface area contributed by atoms with E-state index in [1.165, 1.54) is 6.26 Å². The van der Waals surface area contributed by atoms with Crippen molar-refractivity contribution in [3.8, 4) is 11.1 Å². The topological polar surface area (TPSA) is 68.5 Å². The van der Waals surface area contributed by atoms with Gasteiger partial charge >= 0.3 is 0 Å². The average Bonchev–Trinajstić information content (AvgIpc) is 3.23. The number of Topliss-reactive ketones (excluding diaryl/α,β-unsaturated/α-hetero) is 1. The molecule has 150 valence electrons. The molecule has 3 aromatic rings. The van der Waals surface area contributed by atoms with Crippen LogP contribution in [0.2, 0.25) is 0 Å². The van der Waals surface area contributed by atoms with Crippen LogP contribution in [0.3, 0.4) is 0 Å². The number of carbonyl (C=O) groups is 2. The summed E-state index contributed by atoms with van der Waals surface area (Å²) in [5.74, 6) is -0.0248. The first-order valence-electron chi connectivity index (χ1n) is 9.55. The Morgan fingerprint density at radius 1 is 1.07 bits per heavy atom. The number of benzene rings is 2. The van der Waals surface area contributed by atoms with Crippen LogP contribution in [-0.2, 0) is 4.74 Å². The van der Waals surface area contributed by atoms with Crippen LogP contribution in [-0.4, -0.2) is 25.4 Å². The van der Waals surface area contributed by atoms with Crippen LogP contribution in [0.15, 0.2) is 65.3 Å². The Bertz CT molecular complexity index is 975. The zero-order valence-electron chi connectivity index (χ0n) is 16.9. The largest absolute Gasteiger partial charge is 0.459 e. The third-order valence-electron chi connectivity index (χ3n) is 4.63. The summed E-state index contributed by atoms with van der Waals surface area (Å²) in [7, 11) is 1.63. The first-order valence-corrected chi connectivity index (χ1v) is 9.55. The van der Waals surface area contributed by atoms with Crippen molar-refractivity contribution in [2.75, 3.05) is 19.0 Å². The van der Waals surface area contributed by atoms with Gasteiger partial charge in [-0.3, -0.25) is 9.59 Å². The van der Waals surface area contributed by atoms with Crippen molar-refractivity contribution in [1.82, 2.24) is 0 Å². The standard InChI is InChI=1S/C24H25NO4/c1-16-6-8-18(9-7-16)19-12-20(22(26)11-17(2)15-28-3)14-21(13-19)25-24(27)23-5-4-10-29-23/h4-10,12-14,17H,11,15H2,1-3H3,(H,25,27). The molecule has 5 nitrogen and oxygen atoms in total. The van der Waals surface area contributed by atoms with Crippen LogP contribution < -0.4 is 5.32 Å². The Kier molecular flexibility index (Phi) is 6.62. The number of ketones is 1. The van der Waals surface area contributed by atoms with Gasteiger partial charge in [0.2, 0.25) is 0 Å². The molecule has 1 atom stereocenters. The summed E-state index contributed by atoms with van der Waals surface area (Å²) in [6.07, 6.45) is 1.82. The van der Waals surface area contributed by atoms with Gasteiger partial charge in [-0.2, -0.15) is 0 Å². The highest BCUT2D eigenvalue weighted by Crippen LogP contribution is 2.27. The van der Waals surface area contributed by atoms with E-state index in [0.717, 1.165) is 16.7 Å². The second-order valence-electron chi connectivity index (χ2n) is 7.28. The molecule has 0 radical (unpaired) electrons. The van der Waals surface area contributed by atoms with Crippen molar-refractivity contribution in [2.45, 2.75) is 20.3 Å². The lowest BCUT2D eigenvalue weighted by Gasteiger charge is -2.13. The van der Waals surface area contributed by atoms with Crippen molar-refractivity contribution in [3.63, 3.8) is 0 Å². The van der Waals surface area contributed by atoms with E-state index >= 15 is 0 Å². The van der Waals surface area contributed by atoms with Crippen molar-refractivity contribution in [3.05, 3.63) is 77.7 Å². The highest BCUT2D eigenvalue weighted by molar-refractivity contribution is 6.04. The van der Waals surface area contributed by atoms with E-state index in [1.54, 1.807) is 25.3 Å². The van der Waals surface area contributed by atoms with Crippen molar-refractivity contribution < 1.29 is 18.7 Å². The molecule has 0 fully saturated rings. The minimum Gasteiger partial charge on any atom is -0.459 e. The molecule has 2 aromatic carbocycles. The van der Waals surface area contributed by atoms with E-state index in [9.17, 15) is 9.59 Å². The summed E-state index contributed by atoms with van der Waals surface area (Å²) < 4.78 is 10.3. The van der Waals surface area contributed by atoms with Gasteiger partial charge in [0.1, 0.15) is 0 Å². The maximum absolute atomic E-state index is 12.8. The zero-order chi connectivity index (χ0) is 20.8. The van der Waals surface area contributed by atoms with Gasteiger partial charge in [-0.1, -0.05) is 36.8 Å². The molecular formula is C24H25NO4. The molecule has 0 aliphatic heterocycles. The Hall–Kier alpha value is -3.18. The number of nitrogens with one attached hydrogen (secondary N) is 1. The number of rotatable bonds is 8. The minimum atomic E-state index is -0.359. The summed E-state index contributed by atoms with van der Waals surface area (Å²) in [5.41, 5.74) is 4.10. The number of hydrogen-bond donors (Lipinski definition) is 1. The second kappa shape index (κ2) is 9.34. The first-order chi connectivity index (χ1) is 14.0. The van der Waals surface area contributed by atoms with Crippen LogP contribution in [0.1, 0.15) is 39.8 Å². The minimum absolute atomic E-state index is 0.0111. The predicted octanol–water partition coefficient (Wildman–Crippen LogP) is 5.36. The van der Waals surface area contributed by atoms with Crippen LogP contribution in [0.4, 0.5) is 5.69 Å². The lowest BCUT2D eigenvalue weighted by Crippen LogP contribution is -2.13. The fourth-order valence-corrected chi connectivity index (χ4v) is 3.15. The number of ether oxygens (including phenoxy) is 1. The van der Waals surface area contributed by atoms with Crippen molar-refractivity contribution >= 4 is 17.4 Å². The molecule has 5 heteroatoms. The lowest BCUT2D eigenvalue weighted by atomic mass is 9.95. The van der Waals surface area contributed by atoms with Crippen molar-refractivity contribution in [2.24, 2.45) is 5.92 Å². The summed E-state index contributed by atoms with van der Waals surface area (Å²) in [5, 5.41) is 2.83. The molecule has 1 amide bonds. The molecule has 29 heavy (non-hydrogen) atoms. The molecule has 0 aliphatic rings. The SMILES string of the molecule is COCC(C)CC(=O)c1cc(NC(=O)c2ccco2)cc(-c2ccc(C)cc2)c1. The molecule has 0 bridgehead atoms. The number of methoxy groups -OCH3 is 1. The number of anilines is 1. The molecule has 0 saturated heterocycles. The summed E-state index contributed by atoms with van der Waals surface area (Å²) in [6, 6.07) is 16.7. The van der Waals surface area contributed by atoms with Crippen LogP contribution in [0, 0.1) is 12.8 Å². The molecule has 1 heterocycles. The highest BCUT2D eigenvalue weighted by atomic mass is 16.5. The van der Waals surface area contributed by atoms with Gasteiger partial charge in [0.25, 0.3) is 5.91 Å². The van der Waals surface area contributed by atoms with Gasteiger partial charge in [-0.15, -0.1) is 0 Å². The molecule has 3 rings (SSSR count). The Morgan fingerprint density at radius 3 is 2.48 bits per heavy atom. The number of amides is 1. The van der Waals surface area contributed by atoms with Crippen molar-refractivity contribution in [1.29, 1.82) is 0 Å². The molecule has 1 unspecified atom stereocenters. The van der Waals surface area contributed by atoms with Gasteiger partial charge < -0.3 is 14.5 Å². The third kappa shape index (κ3) is 5.42. The Balaban J connectivity index is 1.94. The molecule has 0 saturated carbocycles. The zero-order valence-corrected chi connectivity index (χ0v) is 16.9. The van der Waals surface area contributed by atoms with Gasteiger partial charge in [0.15, 0.2) is 11.5 Å². The fourth-order valence-electron chi connectivity index (χ4n) is 3.15. The predicted molar refractivity (Wildman–Crippen MR) is 113 cm³/mol. The van der Waals surface area contributed by atoms with E-state index in [0.29, 0.717) is 24.3 Å². The van der Waals surface area contributed by atoms with Crippen LogP contribution >= 0.6 is 0 Å². The molecule has 0 aliphatic carbocycles. The van der Waals surface area contributed by atoms with Crippen LogP contribution in [0.25, 0.3) is 11.1 Å². The van der Waals surface area contributed by atoms with E-state index in [4.69, 9.17) is 9.15 Å². The first kappa shape index (κ1) is 20.6. The van der Waals surface area contributed by atoms with Gasteiger partial charge in [0, 0.05) is 31.4 Å². The van der Waals surface area contributed by atoms with Gasteiger partial charge in [-0.25, -0.2) is 0 Å². The molecule has 1 aromatic heterocycles. The smallest absolute Gasteiger partial charge is 0.291 e. The average molecular weight is 391 g/mol. The highest BCUT2D eigenvalue weighted by Gasteiger charge is 2.16. The lowest BCUT2D eigenvalue weighted by molar-refractivity contribution is 0.0919. The van der Waals surface area contributed by atoms with Crippen LogP contribution in [0.5, 0.6) is 0 Å². The maximum atomic E-state index is 12.8. The monoisotopic (exact) mass is 391 g/mol. The summed E-state index contributed by atoms with van der Waals surface area (Å²) >= 11 is 0. The summed E-state index contributed by atoms with van der Waals surface area (Å²) in [4.78, 5) is 25.3. The third-order valence-corrected chi connectivity index (χ3v) is 4.63. The number of furan rings is 1. The molecular weight excluding hydrogens is 366 g/mol. The van der Waals surface area contributed by atoms with E-state index in [2.05, 4.69) is 5.32 Å². The Morgan fingerprint density at radius 2 is 1.83 bits per heavy atom. The van der Waals surface area contributed by atoms with Gasteiger partial charge in [0.05, 0.1) is 6.26 Å². The molecule has 0 spiro atoms. The molecule has 1 N–H and O–H groups in total. The van der Waals surface area contributed by atoms with E-state index in [1.807, 2.05) is 50.2 Å². The van der Waals surface area contributed by atoms with E-state index in [-0.39, 0.29) is 23.4 Å².